The SMILES string of the molecule is CCCCCCCCC/C=C/C=C\C(=O)[C@@](O)(CC(=O)O)C[N+](C)(C)C. The first-order valence-corrected chi connectivity index (χ1v) is 9.73. The highest BCUT2D eigenvalue weighted by Crippen LogP contribution is 2.17. The Bertz CT molecular complexity index is 477. The summed E-state index contributed by atoms with van der Waals surface area (Å²) >= 11 is 0. The van der Waals surface area contributed by atoms with Crippen LogP contribution in [-0.2, 0) is 9.59 Å². The molecule has 0 aliphatic carbocycles. The molecule has 2 N–H and O–H groups in total. The van der Waals surface area contributed by atoms with Crippen LogP contribution in [0.5, 0.6) is 0 Å². The monoisotopic (exact) mass is 368 g/mol. The molecule has 0 saturated heterocycles. The number of quaternary nitrogens is 1. The molecule has 0 heterocycles. The van der Waals surface area contributed by atoms with Crippen molar-refractivity contribution in [1.29, 1.82) is 0 Å². The van der Waals surface area contributed by atoms with Gasteiger partial charge in [-0.1, -0.05) is 63.7 Å². The standard InChI is InChI=1S/C21H37NO4/c1-5-6-7-8-9-10-11-12-13-14-15-16-19(23)21(26,17-20(24)25)18-22(2,3)4/h13-16,26H,5-12,17-18H2,1-4H3/p+1/b14-13+,16-15-/t21-/m1/s1. The number of rotatable bonds is 15. The zero-order valence-electron chi connectivity index (χ0n) is 17.0. The maximum Gasteiger partial charge on any atom is 0.307 e. The number of carboxylic acid groups (broad SMARTS) is 1. The second kappa shape index (κ2) is 12.8. The number of aliphatic carboxylic acids is 1. The molecule has 5 heteroatoms. The number of allylic oxidation sites excluding steroid dienone is 3. The van der Waals surface area contributed by atoms with Crippen LogP contribution >= 0.6 is 0 Å². The molecular formula is C21H38NO4+. The summed E-state index contributed by atoms with van der Waals surface area (Å²) in [5, 5.41) is 19.5. The highest BCUT2D eigenvalue weighted by Gasteiger charge is 2.41. The second-order valence-electron chi connectivity index (χ2n) is 8.11. The maximum absolute atomic E-state index is 12.3. The Morgan fingerprint density at radius 1 is 0.962 bits per heavy atom. The van der Waals surface area contributed by atoms with E-state index in [2.05, 4.69) is 6.92 Å². The van der Waals surface area contributed by atoms with Gasteiger partial charge in [-0.2, -0.15) is 0 Å². The van der Waals surface area contributed by atoms with Crippen LogP contribution < -0.4 is 0 Å². The summed E-state index contributed by atoms with van der Waals surface area (Å²) in [6.45, 7) is 2.26. The number of likely N-dealkylation sites (N-methyl/N-ethyl adjacent to an activating group) is 1. The van der Waals surface area contributed by atoms with Crippen LogP contribution in [0.2, 0.25) is 0 Å². The molecule has 0 aromatic carbocycles. The molecule has 1 atom stereocenters. The van der Waals surface area contributed by atoms with Gasteiger partial charge in [-0.3, -0.25) is 9.59 Å². The summed E-state index contributed by atoms with van der Waals surface area (Å²) in [5.41, 5.74) is -1.88. The van der Waals surface area contributed by atoms with Gasteiger partial charge in [0.1, 0.15) is 6.54 Å². The zero-order valence-corrected chi connectivity index (χ0v) is 17.0. The summed E-state index contributed by atoms with van der Waals surface area (Å²) in [7, 11) is 5.43. The topological polar surface area (TPSA) is 74.6 Å². The Morgan fingerprint density at radius 3 is 2.08 bits per heavy atom. The first kappa shape index (κ1) is 24.5. The predicted octanol–water partition coefficient (Wildman–Crippen LogP) is 3.72. The lowest BCUT2D eigenvalue weighted by Crippen LogP contribution is -2.54. The van der Waals surface area contributed by atoms with E-state index in [1.165, 1.54) is 44.6 Å². The van der Waals surface area contributed by atoms with Gasteiger partial charge in [0.05, 0.1) is 27.6 Å². The van der Waals surface area contributed by atoms with E-state index >= 15 is 0 Å². The van der Waals surface area contributed by atoms with Crippen molar-refractivity contribution in [2.75, 3.05) is 27.7 Å². The molecule has 0 aliphatic heterocycles. The third-order valence-corrected chi connectivity index (χ3v) is 4.11. The number of carboxylic acids is 1. The summed E-state index contributed by atoms with van der Waals surface area (Å²) in [5.74, 6) is -1.74. The van der Waals surface area contributed by atoms with Crippen LogP contribution in [0.1, 0.15) is 64.7 Å². The van der Waals surface area contributed by atoms with E-state index in [4.69, 9.17) is 5.11 Å². The average molecular weight is 369 g/mol. The van der Waals surface area contributed by atoms with Gasteiger partial charge in [-0.15, -0.1) is 0 Å². The van der Waals surface area contributed by atoms with Crippen molar-refractivity contribution in [2.45, 2.75) is 70.3 Å². The molecule has 0 aromatic heterocycles. The van der Waals surface area contributed by atoms with Crippen molar-refractivity contribution in [3.8, 4) is 0 Å². The van der Waals surface area contributed by atoms with Crippen LogP contribution in [0.15, 0.2) is 24.3 Å². The minimum atomic E-state index is -1.88. The molecule has 0 rings (SSSR count). The number of hydrogen-bond acceptors (Lipinski definition) is 3. The predicted molar refractivity (Wildman–Crippen MR) is 106 cm³/mol. The Hall–Kier alpha value is -1.46. The van der Waals surface area contributed by atoms with E-state index in [0.717, 1.165) is 12.8 Å². The third-order valence-electron chi connectivity index (χ3n) is 4.11. The molecule has 0 aromatic rings. The van der Waals surface area contributed by atoms with Crippen molar-refractivity contribution < 1.29 is 24.3 Å². The first-order valence-electron chi connectivity index (χ1n) is 9.73. The molecule has 0 unspecified atom stereocenters. The Balaban J connectivity index is 4.33. The van der Waals surface area contributed by atoms with Gasteiger partial charge >= 0.3 is 5.97 Å². The fourth-order valence-corrected chi connectivity index (χ4v) is 2.95. The molecular weight excluding hydrogens is 330 g/mol. The Morgan fingerprint density at radius 2 is 1.54 bits per heavy atom. The quantitative estimate of drug-likeness (QED) is 0.200. The minimum Gasteiger partial charge on any atom is -0.481 e. The van der Waals surface area contributed by atoms with E-state index in [1.54, 1.807) is 12.2 Å². The molecule has 0 fully saturated rings. The van der Waals surface area contributed by atoms with Gasteiger partial charge in [0.15, 0.2) is 11.4 Å². The maximum atomic E-state index is 12.3. The van der Waals surface area contributed by atoms with E-state index < -0.39 is 23.8 Å². The fraction of sp³-hybridized carbons (Fsp3) is 0.714. The number of hydrogen-bond donors (Lipinski definition) is 2. The van der Waals surface area contributed by atoms with Gasteiger partial charge < -0.3 is 14.7 Å². The Labute approximate surface area is 159 Å². The summed E-state index contributed by atoms with van der Waals surface area (Å²) < 4.78 is 0.303. The van der Waals surface area contributed by atoms with Crippen LogP contribution in [0, 0.1) is 0 Å². The largest absolute Gasteiger partial charge is 0.481 e. The zero-order chi connectivity index (χ0) is 20.1. The molecule has 0 bridgehead atoms. The molecule has 5 nitrogen and oxygen atoms in total. The number of aliphatic hydroxyl groups is 1. The van der Waals surface area contributed by atoms with Gasteiger partial charge in [-0.05, 0) is 18.9 Å². The molecule has 0 amide bonds. The van der Waals surface area contributed by atoms with Crippen molar-refractivity contribution in [2.24, 2.45) is 0 Å². The second-order valence-corrected chi connectivity index (χ2v) is 8.11. The minimum absolute atomic E-state index is 0.0459. The number of nitrogens with zero attached hydrogens (tertiary/aromatic N) is 1. The van der Waals surface area contributed by atoms with Gasteiger partial charge in [-0.25, -0.2) is 0 Å². The molecule has 150 valence electrons. The van der Waals surface area contributed by atoms with Crippen molar-refractivity contribution in [3.63, 3.8) is 0 Å². The van der Waals surface area contributed by atoms with Crippen molar-refractivity contribution >= 4 is 11.8 Å². The van der Waals surface area contributed by atoms with E-state index in [9.17, 15) is 14.7 Å². The summed E-state index contributed by atoms with van der Waals surface area (Å²) in [6.07, 6.45) is 15.9. The lowest BCUT2D eigenvalue weighted by Gasteiger charge is -2.33. The molecule has 0 spiro atoms. The van der Waals surface area contributed by atoms with Crippen molar-refractivity contribution in [3.05, 3.63) is 24.3 Å². The highest BCUT2D eigenvalue weighted by molar-refractivity contribution is 5.99. The van der Waals surface area contributed by atoms with Gasteiger partial charge in [0, 0.05) is 0 Å². The third kappa shape index (κ3) is 12.8. The van der Waals surface area contributed by atoms with Gasteiger partial charge in [0.2, 0.25) is 0 Å². The van der Waals surface area contributed by atoms with Crippen LogP contribution in [0.3, 0.4) is 0 Å². The first-order chi connectivity index (χ1) is 12.1. The lowest BCUT2D eigenvalue weighted by atomic mass is 9.92. The Kier molecular flexibility index (Phi) is 12.1. The summed E-state index contributed by atoms with van der Waals surface area (Å²) in [6, 6.07) is 0. The van der Waals surface area contributed by atoms with Crippen LogP contribution in [0.25, 0.3) is 0 Å². The van der Waals surface area contributed by atoms with Gasteiger partial charge in [0.25, 0.3) is 0 Å². The lowest BCUT2D eigenvalue weighted by molar-refractivity contribution is -0.875. The normalized spacial score (nSPS) is 14.8. The number of ketones is 1. The number of carbonyl (C=O) groups is 2. The number of unbranched alkanes of at least 4 members (excludes halogenated alkanes) is 7. The van der Waals surface area contributed by atoms with E-state index in [-0.39, 0.29) is 6.54 Å². The summed E-state index contributed by atoms with van der Waals surface area (Å²) in [4.78, 5) is 23.3. The molecule has 0 radical (unpaired) electrons. The molecule has 0 aliphatic rings. The van der Waals surface area contributed by atoms with E-state index in [1.807, 2.05) is 27.2 Å². The highest BCUT2D eigenvalue weighted by atomic mass is 16.4. The molecule has 0 saturated carbocycles. The fourth-order valence-electron chi connectivity index (χ4n) is 2.95. The molecule has 26 heavy (non-hydrogen) atoms. The van der Waals surface area contributed by atoms with Crippen LogP contribution in [0.4, 0.5) is 0 Å². The van der Waals surface area contributed by atoms with E-state index in [0.29, 0.717) is 4.48 Å². The van der Waals surface area contributed by atoms with Crippen LogP contribution in [-0.4, -0.2) is 59.7 Å². The smallest absolute Gasteiger partial charge is 0.307 e. The number of carbonyl (C=O) groups excluding carboxylic acids is 1. The van der Waals surface area contributed by atoms with Crippen molar-refractivity contribution in [1.82, 2.24) is 0 Å². The average Bonchev–Trinajstić information content (AvgIpc) is 2.49.